The minimum atomic E-state index is 0. The number of pyridine rings is 3. The molecule has 18 heteroatoms. The molecule has 0 bridgehead atoms. The van der Waals surface area contributed by atoms with Crippen LogP contribution >= 0.6 is 0 Å². The number of hydrogen-bond donors (Lipinski definition) is 0. The molecule has 18 nitrogen and oxygen atoms in total. The van der Waals surface area contributed by atoms with Crippen molar-refractivity contribution in [3.05, 3.63) is 254 Å². The van der Waals surface area contributed by atoms with Crippen LogP contribution in [0, 0.1) is 0 Å². The van der Waals surface area contributed by atoms with Crippen LogP contribution in [-0.4, -0.2) is 90.2 Å². The quantitative estimate of drug-likeness (QED) is 0.137. The van der Waals surface area contributed by atoms with Crippen molar-refractivity contribution in [2.24, 2.45) is 0 Å². The number of aromatic nitrogens is 18. The molecule has 0 fully saturated rings. The summed E-state index contributed by atoms with van der Waals surface area (Å²) in [5.41, 5.74) is 10.8. The van der Waals surface area contributed by atoms with Crippen molar-refractivity contribution in [2.75, 3.05) is 0 Å². The Morgan fingerprint density at radius 2 is 0.618 bits per heavy atom. The highest BCUT2D eigenvalue weighted by molar-refractivity contribution is 5.20. The van der Waals surface area contributed by atoms with Gasteiger partial charge in [0.05, 0.1) is 17.6 Å². The van der Waals surface area contributed by atoms with Gasteiger partial charge in [-0.25, -0.2) is 44.9 Å². The Kier molecular flexibility index (Phi) is 41.3. The van der Waals surface area contributed by atoms with Crippen LogP contribution in [0.25, 0.3) is 0 Å². The Morgan fingerprint density at radius 3 is 0.912 bits per heavy atom. The summed E-state index contributed by atoms with van der Waals surface area (Å²) in [5.74, 6) is 1.73. The van der Waals surface area contributed by atoms with Gasteiger partial charge in [0, 0.05) is 137 Å². The summed E-state index contributed by atoms with van der Waals surface area (Å²) >= 11 is 0. The summed E-state index contributed by atoms with van der Waals surface area (Å²) in [6.45, 7) is 64.2. The standard InChI is InChI=1S/3C9H13N.6C8H12N2.C7H11N3.2CH4/c1-9(2,3)8-4-6-10-7-5-8;1-9(2,3)8-5-4-6-10-7-8;1-9(2,3)8-6-4-5-7-10-8;1-8(2,3)7-4-9-6-10-5-7;1-8(2,3)7-6-9-4-5-10-7;1-8(2,3)7-4-5-9-6-10-7;1-8(2,3)7-4-5-9-10-6-7;1-8(2,3)7-9-5-4-6-10-7;1-8(2,3)7-5-4-6-9-10-7;1-7(2,3)6-9-4-8-5-10-6;;/h3*4-7H,1-3H3;6*4-6H,1-3H3;4-5H,1-3H3;2*1H4. The second-order valence-electron chi connectivity index (χ2n) is 33.8. The lowest BCUT2D eigenvalue weighted by Crippen LogP contribution is -2.15. The Morgan fingerprint density at radius 1 is 0.196 bits per heavy atom. The minimum absolute atomic E-state index is 0. The van der Waals surface area contributed by atoms with Crippen LogP contribution in [0.5, 0.6) is 0 Å². The lowest BCUT2D eigenvalue weighted by atomic mass is 9.88. The van der Waals surface area contributed by atoms with Gasteiger partial charge in [0.25, 0.3) is 0 Å². The predicted molar refractivity (Wildman–Crippen MR) is 425 cm³/mol. The Labute approximate surface area is 617 Å². The Bertz CT molecular complexity index is 2800. The molecule has 0 saturated heterocycles. The summed E-state index contributed by atoms with van der Waals surface area (Å²) in [6, 6.07) is 23.9. The molecule has 0 spiro atoms. The molecule has 0 aliphatic carbocycles. The van der Waals surface area contributed by atoms with Gasteiger partial charge in [0.2, 0.25) is 0 Å². The van der Waals surface area contributed by atoms with Crippen molar-refractivity contribution in [3.8, 4) is 0 Å². The van der Waals surface area contributed by atoms with E-state index in [-0.39, 0.29) is 69.0 Å². The first-order valence-corrected chi connectivity index (χ1v) is 34.0. The molecule has 10 aromatic rings. The van der Waals surface area contributed by atoms with Gasteiger partial charge in [-0.05, 0) is 105 Å². The molecular weight excluding hydrogens is 1260 g/mol. The molecule has 0 saturated carbocycles. The van der Waals surface area contributed by atoms with Crippen molar-refractivity contribution in [2.45, 2.75) is 277 Å². The lowest BCUT2D eigenvalue weighted by Gasteiger charge is -2.17. The highest BCUT2D eigenvalue weighted by Crippen LogP contribution is 2.25. The van der Waals surface area contributed by atoms with Gasteiger partial charge in [-0.2, -0.15) is 20.4 Å². The average Bonchev–Trinajstić information content (AvgIpc) is 1.02. The van der Waals surface area contributed by atoms with E-state index < -0.39 is 0 Å². The zero-order valence-electron chi connectivity index (χ0n) is 66.5. The van der Waals surface area contributed by atoms with Gasteiger partial charge in [-0.15, -0.1) is 0 Å². The normalized spacial score (nSPS) is 11.3. The lowest BCUT2D eigenvalue weighted by molar-refractivity contribution is 0.541. The zero-order chi connectivity index (χ0) is 76.1. The third-order valence-electron chi connectivity index (χ3n) is 13.8. The van der Waals surface area contributed by atoms with E-state index in [2.05, 4.69) is 322 Å². The van der Waals surface area contributed by atoms with E-state index in [1.165, 1.54) is 34.9 Å². The van der Waals surface area contributed by atoms with Crippen LogP contribution in [0.1, 0.15) is 279 Å². The fourth-order valence-electron chi connectivity index (χ4n) is 7.32. The van der Waals surface area contributed by atoms with Crippen LogP contribution < -0.4 is 0 Å². The second-order valence-corrected chi connectivity index (χ2v) is 33.8. The van der Waals surface area contributed by atoms with Crippen LogP contribution in [0.15, 0.2) is 197 Å². The first-order chi connectivity index (χ1) is 46.1. The van der Waals surface area contributed by atoms with Crippen molar-refractivity contribution < 1.29 is 0 Å². The molecule has 10 aromatic heterocycles. The number of nitrogens with zero attached hydrogens (tertiary/aromatic N) is 18. The van der Waals surface area contributed by atoms with Crippen molar-refractivity contribution >= 4 is 0 Å². The van der Waals surface area contributed by atoms with Crippen LogP contribution in [0.3, 0.4) is 0 Å². The second kappa shape index (κ2) is 44.3. The zero-order valence-corrected chi connectivity index (χ0v) is 66.5. The first-order valence-electron chi connectivity index (χ1n) is 34.0. The summed E-state index contributed by atoms with van der Waals surface area (Å²) in [4.78, 5) is 56.4. The maximum absolute atomic E-state index is 4.25. The molecule has 0 atom stereocenters. The number of hydrogen-bond acceptors (Lipinski definition) is 18. The predicted octanol–water partition coefficient (Wildman–Crippen LogP) is 20.2. The summed E-state index contributed by atoms with van der Waals surface area (Å²) in [6.07, 6.45) is 34.9. The van der Waals surface area contributed by atoms with E-state index in [1.807, 2.05) is 85.7 Å². The van der Waals surface area contributed by atoms with E-state index in [0.717, 1.165) is 34.4 Å². The molecule has 10 heterocycles. The fourth-order valence-corrected chi connectivity index (χ4v) is 7.32. The maximum atomic E-state index is 4.25. The fraction of sp³-hybridized carbons (Fsp3) is 0.500. The Balaban J connectivity index is 0. The molecule has 0 radical (unpaired) electrons. The van der Waals surface area contributed by atoms with Gasteiger partial charge in [0.15, 0.2) is 0 Å². The summed E-state index contributed by atoms with van der Waals surface area (Å²) < 4.78 is 0. The molecule has 0 aromatic carbocycles. The van der Waals surface area contributed by atoms with Crippen molar-refractivity contribution in [3.63, 3.8) is 0 Å². The molecule has 0 aliphatic rings. The number of rotatable bonds is 0. The molecule has 0 N–H and O–H groups in total. The van der Waals surface area contributed by atoms with Crippen LogP contribution in [0.4, 0.5) is 0 Å². The highest BCUT2D eigenvalue weighted by Gasteiger charge is 2.20. The van der Waals surface area contributed by atoms with Gasteiger partial charge in [-0.1, -0.05) is 235 Å². The van der Waals surface area contributed by atoms with Crippen molar-refractivity contribution in [1.82, 2.24) is 90.2 Å². The largest absolute Gasteiger partial charge is 0.265 e. The van der Waals surface area contributed by atoms with Crippen LogP contribution in [-0.2, 0) is 54.1 Å². The van der Waals surface area contributed by atoms with Gasteiger partial charge >= 0.3 is 0 Å². The molecule has 10 rings (SSSR count). The van der Waals surface area contributed by atoms with E-state index >= 15 is 0 Å². The van der Waals surface area contributed by atoms with E-state index in [1.54, 1.807) is 74.6 Å². The van der Waals surface area contributed by atoms with Crippen LogP contribution in [0.2, 0.25) is 0 Å². The van der Waals surface area contributed by atoms with E-state index in [9.17, 15) is 0 Å². The van der Waals surface area contributed by atoms with Gasteiger partial charge in [0.1, 0.15) is 37.0 Å². The molecular formula is C84H130N18. The average molecular weight is 1390 g/mol. The molecule has 102 heavy (non-hydrogen) atoms. The molecule has 0 unspecified atom stereocenters. The maximum Gasteiger partial charge on any atom is 0.137 e. The van der Waals surface area contributed by atoms with Crippen molar-refractivity contribution in [1.29, 1.82) is 0 Å². The third-order valence-corrected chi connectivity index (χ3v) is 13.8. The van der Waals surface area contributed by atoms with Gasteiger partial charge < -0.3 is 0 Å². The highest BCUT2D eigenvalue weighted by atomic mass is 15.1. The third kappa shape index (κ3) is 42.9. The topological polar surface area (TPSA) is 232 Å². The summed E-state index contributed by atoms with van der Waals surface area (Å²) in [7, 11) is 0. The van der Waals surface area contributed by atoms with E-state index in [0.29, 0.717) is 0 Å². The monoisotopic (exact) mass is 1390 g/mol. The molecule has 556 valence electrons. The molecule has 0 aliphatic heterocycles. The minimum Gasteiger partial charge on any atom is -0.265 e. The van der Waals surface area contributed by atoms with E-state index in [4.69, 9.17) is 0 Å². The molecule has 0 amide bonds. The Hall–Kier alpha value is -9.06. The van der Waals surface area contributed by atoms with Gasteiger partial charge in [-0.3, -0.25) is 24.9 Å². The summed E-state index contributed by atoms with van der Waals surface area (Å²) in [5, 5.41) is 15.3. The first kappa shape index (κ1) is 95.0. The smallest absolute Gasteiger partial charge is 0.137 e. The SMILES string of the molecule is C.C.CC(C)(C)c1ccccn1.CC(C)(C)c1cccnc1.CC(C)(C)c1cccnn1.CC(C)(C)c1ccncc1.CC(C)(C)c1ccncn1.CC(C)(C)c1ccnnc1.CC(C)(C)c1cnccn1.CC(C)(C)c1cncnc1.CC(C)(C)c1ncccn1.CC(C)(C)c1ncncn1.